The smallest absolute Gasteiger partial charge is 0.368 e. The Morgan fingerprint density at radius 3 is 2.19 bits per heavy atom. The van der Waals surface area contributed by atoms with Crippen LogP contribution in [-0.2, 0) is 6.18 Å². The summed E-state index contributed by atoms with van der Waals surface area (Å²) in [5.74, 6) is 1.51. The summed E-state index contributed by atoms with van der Waals surface area (Å²) in [6, 6.07) is 9.23. The Morgan fingerprint density at radius 2 is 1.67 bits per heavy atom. The Bertz CT molecular complexity index is 834. The van der Waals surface area contributed by atoms with E-state index in [-0.39, 0.29) is 5.56 Å². The average Bonchev–Trinajstić information content (AvgIpc) is 2.67. The lowest BCUT2D eigenvalue weighted by Gasteiger charge is -2.36. The van der Waals surface area contributed by atoms with Crippen LogP contribution in [0, 0.1) is 11.3 Å². The van der Waals surface area contributed by atoms with Gasteiger partial charge in [0, 0.05) is 46.0 Å². The van der Waals surface area contributed by atoms with Crippen molar-refractivity contribution < 1.29 is 13.2 Å². The molecule has 1 aliphatic heterocycles. The zero-order valence-electron chi connectivity index (χ0n) is 15.0. The Morgan fingerprint density at radius 1 is 1.00 bits per heavy atom. The lowest BCUT2D eigenvalue weighted by molar-refractivity contribution is -0.137. The summed E-state index contributed by atoms with van der Waals surface area (Å²) in [5, 5.41) is 17.3. The molecule has 0 bridgehead atoms. The molecule has 0 atom stereocenters. The summed E-state index contributed by atoms with van der Waals surface area (Å²) >= 11 is 0. The molecule has 3 rings (SSSR count). The Balaban J connectivity index is 1.71. The second kappa shape index (κ2) is 7.31. The number of hydrogen-bond donors (Lipinski definition) is 0. The molecular formula is C18H19F3N6. The topological polar surface area (TPSA) is 59.3 Å². The number of rotatable bonds is 3. The number of aromatic nitrogens is 2. The van der Waals surface area contributed by atoms with Crippen LogP contribution in [0.25, 0.3) is 0 Å². The van der Waals surface area contributed by atoms with E-state index in [4.69, 9.17) is 5.26 Å². The van der Waals surface area contributed by atoms with Crippen molar-refractivity contribution in [3.05, 3.63) is 41.5 Å². The maximum atomic E-state index is 13.2. The molecule has 0 amide bonds. The van der Waals surface area contributed by atoms with Gasteiger partial charge in [0.1, 0.15) is 0 Å². The highest BCUT2D eigenvalue weighted by molar-refractivity contribution is 5.56. The second-order valence-corrected chi connectivity index (χ2v) is 6.46. The number of benzene rings is 1. The Hall–Kier alpha value is -3.02. The molecule has 0 radical (unpaired) electrons. The number of piperazine rings is 1. The van der Waals surface area contributed by atoms with E-state index in [1.165, 1.54) is 6.07 Å². The van der Waals surface area contributed by atoms with Crippen LogP contribution < -0.4 is 14.7 Å². The van der Waals surface area contributed by atoms with Gasteiger partial charge in [-0.15, -0.1) is 10.2 Å². The summed E-state index contributed by atoms with van der Waals surface area (Å²) in [4.78, 5) is 5.80. The fraction of sp³-hybridized carbons (Fsp3) is 0.389. The SMILES string of the molecule is CN(C)c1ccc(N2CCN(c3ccc(C#N)c(C(F)(F)F)c3)CC2)nn1. The molecule has 0 unspecified atom stereocenters. The average molecular weight is 376 g/mol. The maximum Gasteiger partial charge on any atom is 0.417 e. The first-order valence-corrected chi connectivity index (χ1v) is 8.42. The standard InChI is InChI=1S/C18H19F3N6/c1-25(2)16-5-6-17(24-23-16)27-9-7-26(8-10-27)14-4-3-13(12-22)15(11-14)18(19,20)21/h3-6,11H,7-10H2,1-2H3. The van der Waals surface area contributed by atoms with Crippen LogP contribution in [0.1, 0.15) is 11.1 Å². The van der Waals surface area contributed by atoms with E-state index in [0.29, 0.717) is 31.9 Å². The molecule has 6 nitrogen and oxygen atoms in total. The highest BCUT2D eigenvalue weighted by Crippen LogP contribution is 2.34. The molecule has 142 valence electrons. The van der Waals surface area contributed by atoms with Gasteiger partial charge >= 0.3 is 6.18 Å². The van der Waals surface area contributed by atoms with Crippen molar-refractivity contribution in [1.82, 2.24) is 10.2 Å². The van der Waals surface area contributed by atoms with Crippen LogP contribution in [0.4, 0.5) is 30.5 Å². The normalized spacial score (nSPS) is 14.8. The predicted octanol–water partition coefficient (Wildman–Crippen LogP) is 2.76. The molecule has 1 fully saturated rings. The Kier molecular flexibility index (Phi) is 5.08. The number of hydrogen-bond acceptors (Lipinski definition) is 6. The van der Waals surface area contributed by atoms with E-state index in [1.807, 2.05) is 36.0 Å². The minimum Gasteiger partial charge on any atom is -0.368 e. The van der Waals surface area contributed by atoms with E-state index in [2.05, 4.69) is 15.1 Å². The number of anilines is 3. The molecule has 0 N–H and O–H groups in total. The molecule has 1 aliphatic rings. The highest BCUT2D eigenvalue weighted by atomic mass is 19.4. The van der Waals surface area contributed by atoms with Gasteiger partial charge in [-0.1, -0.05) is 0 Å². The monoisotopic (exact) mass is 376 g/mol. The van der Waals surface area contributed by atoms with Crippen molar-refractivity contribution in [3.8, 4) is 6.07 Å². The van der Waals surface area contributed by atoms with Crippen molar-refractivity contribution in [2.75, 3.05) is 55.0 Å². The van der Waals surface area contributed by atoms with Crippen LogP contribution in [0.3, 0.4) is 0 Å². The summed E-state index contributed by atoms with van der Waals surface area (Å²) < 4.78 is 39.5. The van der Waals surface area contributed by atoms with Crippen molar-refractivity contribution in [1.29, 1.82) is 5.26 Å². The van der Waals surface area contributed by atoms with Gasteiger partial charge in [0.15, 0.2) is 11.6 Å². The fourth-order valence-electron chi connectivity index (χ4n) is 2.98. The third kappa shape index (κ3) is 4.05. The molecule has 2 heterocycles. The molecule has 0 spiro atoms. The first-order chi connectivity index (χ1) is 12.8. The van der Waals surface area contributed by atoms with Crippen molar-refractivity contribution in [2.45, 2.75) is 6.18 Å². The van der Waals surface area contributed by atoms with Gasteiger partial charge in [-0.05, 0) is 30.3 Å². The zero-order valence-corrected chi connectivity index (χ0v) is 15.0. The van der Waals surface area contributed by atoms with Gasteiger partial charge in [0.2, 0.25) is 0 Å². The molecule has 27 heavy (non-hydrogen) atoms. The van der Waals surface area contributed by atoms with E-state index in [9.17, 15) is 13.2 Å². The minimum absolute atomic E-state index is 0.360. The van der Waals surface area contributed by atoms with E-state index < -0.39 is 11.7 Å². The highest BCUT2D eigenvalue weighted by Gasteiger charge is 2.34. The van der Waals surface area contributed by atoms with Crippen molar-refractivity contribution >= 4 is 17.3 Å². The quantitative estimate of drug-likeness (QED) is 0.821. The molecule has 1 saturated heterocycles. The maximum absolute atomic E-state index is 13.2. The zero-order chi connectivity index (χ0) is 19.6. The van der Waals surface area contributed by atoms with Gasteiger partial charge in [-0.25, -0.2) is 0 Å². The lowest BCUT2D eigenvalue weighted by atomic mass is 10.1. The van der Waals surface area contributed by atoms with Crippen LogP contribution in [0.15, 0.2) is 30.3 Å². The second-order valence-electron chi connectivity index (χ2n) is 6.46. The summed E-state index contributed by atoms with van der Waals surface area (Å²) in [7, 11) is 3.77. The van der Waals surface area contributed by atoms with Crippen LogP contribution in [-0.4, -0.2) is 50.5 Å². The molecule has 1 aromatic carbocycles. The van der Waals surface area contributed by atoms with E-state index >= 15 is 0 Å². The molecule has 0 aliphatic carbocycles. The van der Waals surface area contributed by atoms with Gasteiger partial charge < -0.3 is 14.7 Å². The Labute approximate surface area is 155 Å². The van der Waals surface area contributed by atoms with Gasteiger partial charge in [0.05, 0.1) is 17.2 Å². The molecule has 9 heteroatoms. The first-order valence-electron chi connectivity index (χ1n) is 8.42. The number of halogens is 3. The number of nitrogens with zero attached hydrogens (tertiary/aromatic N) is 6. The number of nitriles is 1. The first kappa shape index (κ1) is 18.8. The summed E-state index contributed by atoms with van der Waals surface area (Å²) in [5.41, 5.74) is -0.786. The van der Waals surface area contributed by atoms with E-state index in [0.717, 1.165) is 17.7 Å². The lowest BCUT2D eigenvalue weighted by Crippen LogP contribution is -2.47. The van der Waals surface area contributed by atoms with Gasteiger partial charge in [-0.3, -0.25) is 0 Å². The van der Waals surface area contributed by atoms with Gasteiger partial charge in [-0.2, -0.15) is 18.4 Å². The molecule has 1 aromatic heterocycles. The van der Waals surface area contributed by atoms with Gasteiger partial charge in [0.25, 0.3) is 0 Å². The number of alkyl halides is 3. The summed E-state index contributed by atoms with van der Waals surface area (Å²) in [6.07, 6.45) is -4.55. The van der Waals surface area contributed by atoms with Crippen molar-refractivity contribution in [3.63, 3.8) is 0 Å². The predicted molar refractivity (Wildman–Crippen MR) is 96.9 cm³/mol. The molecule has 0 saturated carbocycles. The van der Waals surface area contributed by atoms with Crippen LogP contribution >= 0.6 is 0 Å². The minimum atomic E-state index is -4.55. The van der Waals surface area contributed by atoms with Crippen molar-refractivity contribution in [2.24, 2.45) is 0 Å². The van der Waals surface area contributed by atoms with Crippen LogP contribution in [0.5, 0.6) is 0 Å². The van der Waals surface area contributed by atoms with E-state index in [1.54, 1.807) is 12.1 Å². The van der Waals surface area contributed by atoms with Crippen LogP contribution in [0.2, 0.25) is 0 Å². The molecule has 2 aromatic rings. The summed E-state index contributed by atoms with van der Waals surface area (Å²) in [6.45, 7) is 2.36. The third-order valence-corrected chi connectivity index (χ3v) is 4.49. The largest absolute Gasteiger partial charge is 0.417 e. The fourth-order valence-corrected chi connectivity index (χ4v) is 2.98. The third-order valence-electron chi connectivity index (χ3n) is 4.49. The molecular weight excluding hydrogens is 357 g/mol.